The zero-order valence-corrected chi connectivity index (χ0v) is 19.8. The van der Waals surface area contributed by atoms with Gasteiger partial charge in [0, 0.05) is 35.5 Å². The summed E-state index contributed by atoms with van der Waals surface area (Å²) in [4.78, 5) is 25.3. The number of nitrogens with two attached hydrogens (primary N) is 1. The molecule has 0 atom stereocenters. The van der Waals surface area contributed by atoms with Gasteiger partial charge < -0.3 is 15.6 Å². The molecule has 35 heavy (non-hydrogen) atoms. The number of H-pyrrole nitrogens is 1. The summed E-state index contributed by atoms with van der Waals surface area (Å²) in [7, 11) is 0. The Morgan fingerprint density at radius 1 is 1.17 bits per heavy atom. The zero-order chi connectivity index (χ0) is 24.7. The van der Waals surface area contributed by atoms with Crippen molar-refractivity contribution in [3.05, 3.63) is 81.0 Å². The van der Waals surface area contributed by atoms with Gasteiger partial charge in [0.05, 0.1) is 5.39 Å². The molecule has 0 spiro atoms. The van der Waals surface area contributed by atoms with E-state index < -0.39 is 5.82 Å². The monoisotopic (exact) mass is 473 g/mol. The maximum Gasteiger partial charge on any atom is 0.288 e. The molecule has 1 amide bonds. The number of aryl methyl sites for hydroxylation is 2. The van der Waals surface area contributed by atoms with Crippen LogP contribution in [-0.4, -0.2) is 20.7 Å². The number of nitrogens with one attached hydrogen (secondary N) is 2. The van der Waals surface area contributed by atoms with Crippen LogP contribution in [0, 0.1) is 19.7 Å². The first-order valence-corrected chi connectivity index (χ1v) is 11.9. The summed E-state index contributed by atoms with van der Waals surface area (Å²) in [6.07, 6.45) is 5.94. The van der Waals surface area contributed by atoms with E-state index >= 15 is 4.39 Å². The van der Waals surface area contributed by atoms with Gasteiger partial charge in [-0.15, -0.1) is 0 Å². The van der Waals surface area contributed by atoms with Crippen LogP contribution in [-0.2, 0) is 6.54 Å². The lowest BCUT2D eigenvalue weighted by atomic mass is 10.0. The molecule has 7 nitrogen and oxygen atoms in total. The van der Waals surface area contributed by atoms with Crippen LogP contribution >= 0.6 is 0 Å². The second kappa shape index (κ2) is 9.02. The van der Waals surface area contributed by atoms with Crippen LogP contribution in [0.3, 0.4) is 0 Å². The Morgan fingerprint density at radius 3 is 2.69 bits per heavy atom. The van der Waals surface area contributed by atoms with Crippen molar-refractivity contribution < 1.29 is 9.18 Å². The average molecular weight is 474 g/mol. The first-order chi connectivity index (χ1) is 16.8. The number of nitrogens with zero attached hydrogens (tertiary/aromatic N) is 2. The molecular formula is C27H28FN5O2. The number of fused-ring (bicyclic) bond motifs is 1. The molecule has 2 heterocycles. The van der Waals surface area contributed by atoms with E-state index in [4.69, 9.17) is 5.73 Å². The highest BCUT2D eigenvalue weighted by molar-refractivity contribution is 6.02. The number of halogens is 1. The van der Waals surface area contributed by atoms with Crippen molar-refractivity contribution in [1.82, 2.24) is 20.1 Å². The molecule has 8 heteroatoms. The van der Waals surface area contributed by atoms with Crippen LogP contribution < -0.4 is 16.6 Å². The Hall–Kier alpha value is -3.94. The lowest BCUT2D eigenvalue weighted by Crippen LogP contribution is -2.23. The van der Waals surface area contributed by atoms with E-state index in [0.29, 0.717) is 33.2 Å². The fraction of sp³-hybridized carbons (Fsp3) is 0.296. The van der Waals surface area contributed by atoms with Gasteiger partial charge >= 0.3 is 0 Å². The third kappa shape index (κ3) is 4.20. The smallest absolute Gasteiger partial charge is 0.288 e. The highest BCUT2D eigenvalue weighted by atomic mass is 19.1. The number of carbonyl (C=O) groups excluding carboxylic acids is 1. The number of nitrogen functional groups attached to an aromatic ring is 1. The van der Waals surface area contributed by atoms with Crippen molar-refractivity contribution in [3.63, 3.8) is 0 Å². The number of aromatic nitrogens is 3. The van der Waals surface area contributed by atoms with Crippen molar-refractivity contribution in [2.45, 2.75) is 52.1 Å². The minimum atomic E-state index is -0.450. The first kappa shape index (κ1) is 22.8. The van der Waals surface area contributed by atoms with Crippen LogP contribution in [0.15, 0.2) is 47.4 Å². The molecule has 180 valence electrons. The fourth-order valence-electron chi connectivity index (χ4n) is 5.05. The van der Waals surface area contributed by atoms with Gasteiger partial charge in [0.2, 0.25) is 0 Å². The number of amides is 1. The van der Waals surface area contributed by atoms with Crippen LogP contribution in [0.5, 0.6) is 0 Å². The lowest BCUT2D eigenvalue weighted by molar-refractivity contribution is 0.0950. The van der Waals surface area contributed by atoms with Gasteiger partial charge in [-0.2, -0.15) is 5.10 Å². The van der Waals surface area contributed by atoms with Crippen molar-refractivity contribution in [1.29, 1.82) is 0 Å². The van der Waals surface area contributed by atoms with E-state index in [1.807, 2.05) is 42.8 Å². The molecule has 0 aliphatic heterocycles. The summed E-state index contributed by atoms with van der Waals surface area (Å²) in [6.45, 7) is 4.01. The van der Waals surface area contributed by atoms with Crippen LogP contribution in [0.2, 0.25) is 0 Å². The molecule has 2 aromatic heterocycles. The molecule has 0 saturated heterocycles. The van der Waals surface area contributed by atoms with E-state index in [9.17, 15) is 9.59 Å². The molecule has 1 fully saturated rings. The maximum absolute atomic E-state index is 15.4. The highest BCUT2D eigenvalue weighted by Gasteiger charge is 2.25. The molecule has 1 aliphatic carbocycles. The molecule has 0 radical (unpaired) electrons. The Kier molecular flexibility index (Phi) is 5.88. The summed E-state index contributed by atoms with van der Waals surface area (Å²) < 4.78 is 17.3. The normalized spacial score (nSPS) is 14.0. The van der Waals surface area contributed by atoms with Gasteiger partial charge in [-0.3, -0.25) is 9.59 Å². The molecule has 2 aromatic carbocycles. The standard InChI is InChI=1S/C27H28FN5O2/c1-15-7-8-16(2)20(11-15)26(34)30-13-17-9-10-19(22(28)12-17)21-14-33(18-5-3-4-6-18)24-23(21)25(29)31-32-27(24)35/h7-12,14,18H,3-6,13H2,1-2H3,(H2,29,31)(H,30,34)(H,32,35). The van der Waals surface area contributed by atoms with E-state index in [0.717, 1.165) is 36.8 Å². The van der Waals surface area contributed by atoms with Crippen LogP contribution in [0.25, 0.3) is 22.0 Å². The van der Waals surface area contributed by atoms with Gasteiger partial charge in [0.15, 0.2) is 5.82 Å². The first-order valence-electron chi connectivity index (χ1n) is 11.9. The van der Waals surface area contributed by atoms with Gasteiger partial charge in [-0.25, -0.2) is 9.49 Å². The summed E-state index contributed by atoms with van der Waals surface area (Å²) in [5.74, 6) is -0.488. The molecule has 4 aromatic rings. The quantitative estimate of drug-likeness (QED) is 0.388. The predicted octanol–water partition coefficient (Wildman–Crippen LogP) is 4.77. The van der Waals surface area contributed by atoms with Crippen LogP contribution in [0.1, 0.15) is 58.8 Å². The Labute approximate surface area is 202 Å². The van der Waals surface area contributed by atoms with E-state index in [-0.39, 0.29) is 29.9 Å². The maximum atomic E-state index is 15.4. The fourth-order valence-corrected chi connectivity index (χ4v) is 5.05. The predicted molar refractivity (Wildman–Crippen MR) is 135 cm³/mol. The van der Waals surface area contributed by atoms with Crippen molar-refractivity contribution in [2.24, 2.45) is 0 Å². The number of hydrogen-bond acceptors (Lipinski definition) is 4. The van der Waals surface area contributed by atoms with Gasteiger partial charge in [-0.05, 0) is 49.9 Å². The van der Waals surface area contributed by atoms with E-state index in [1.165, 1.54) is 6.07 Å². The molecule has 4 N–H and O–H groups in total. The third-order valence-electron chi connectivity index (χ3n) is 6.91. The second-order valence-corrected chi connectivity index (χ2v) is 9.37. The second-order valence-electron chi connectivity index (χ2n) is 9.37. The summed E-state index contributed by atoms with van der Waals surface area (Å²) in [5.41, 5.74) is 10.3. The van der Waals surface area contributed by atoms with Crippen molar-refractivity contribution in [3.8, 4) is 11.1 Å². The number of benzene rings is 2. The van der Waals surface area contributed by atoms with Gasteiger partial charge in [0.1, 0.15) is 11.3 Å². The van der Waals surface area contributed by atoms with Crippen LogP contribution in [0.4, 0.5) is 10.2 Å². The van der Waals surface area contributed by atoms with Crippen molar-refractivity contribution >= 4 is 22.6 Å². The molecule has 1 saturated carbocycles. The largest absolute Gasteiger partial charge is 0.382 e. The number of hydrogen-bond donors (Lipinski definition) is 3. The topological polar surface area (TPSA) is 106 Å². The van der Waals surface area contributed by atoms with Gasteiger partial charge in [-0.1, -0.05) is 42.7 Å². The van der Waals surface area contributed by atoms with E-state index in [1.54, 1.807) is 12.1 Å². The molecule has 0 bridgehead atoms. The Morgan fingerprint density at radius 2 is 1.94 bits per heavy atom. The minimum absolute atomic E-state index is 0.163. The molecule has 5 rings (SSSR count). The third-order valence-corrected chi connectivity index (χ3v) is 6.91. The van der Waals surface area contributed by atoms with Gasteiger partial charge in [0.25, 0.3) is 11.5 Å². The molecular weight excluding hydrogens is 445 g/mol. The minimum Gasteiger partial charge on any atom is -0.382 e. The number of aromatic amines is 1. The SMILES string of the molecule is Cc1ccc(C)c(C(=O)NCc2ccc(-c3cn(C4CCCC4)c4c(=O)[nH]nc(N)c34)c(F)c2)c1. The van der Waals surface area contributed by atoms with E-state index in [2.05, 4.69) is 15.5 Å². The highest BCUT2D eigenvalue weighted by Crippen LogP contribution is 2.39. The number of anilines is 1. The number of rotatable bonds is 5. The van der Waals surface area contributed by atoms with Crippen molar-refractivity contribution in [2.75, 3.05) is 5.73 Å². The summed E-state index contributed by atoms with van der Waals surface area (Å²) in [6, 6.07) is 10.7. The zero-order valence-electron chi connectivity index (χ0n) is 19.8. The average Bonchev–Trinajstić information content (AvgIpc) is 3.50. The molecule has 0 unspecified atom stereocenters. The summed E-state index contributed by atoms with van der Waals surface area (Å²) >= 11 is 0. The summed E-state index contributed by atoms with van der Waals surface area (Å²) in [5, 5.41) is 9.73. The number of carbonyl (C=O) groups is 1. The molecule has 1 aliphatic rings. The Bertz CT molecular complexity index is 1500. The lowest BCUT2D eigenvalue weighted by Gasteiger charge is -2.12. The Balaban J connectivity index is 1.46.